The van der Waals surface area contributed by atoms with Gasteiger partial charge in [-0.2, -0.15) is 4.98 Å². The summed E-state index contributed by atoms with van der Waals surface area (Å²) in [7, 11) is 1.80. The third kappa shape index (κ3) is 3.97. The van der Waals surface area contributed by atoms with Crippen molar-refractivity contribution in [3.63, 3.8) is 0 Å². The van der Waals surface area contributed by atoms with Crippen LogP contribution in [0.3, 0.4) is 0 Å². The third-order valence-corrected chi connectivity index (χ3v) is 4.48. The van der Waals surface area contributed by atoms with Crippen LogP contribution >= 0.6 is 0 Å². The molecule has 1 saturated carbocycles. The summed E-state index contributed by atoms with van der Waals surface area (Å²) in [6.45, 7) is 0.581. The van der Waals surface area contributed by atoms with E-state index < -0.39 is 0 Å². The van der Waals surface area contributed by atoms with Gasteiger partial charge in [0.15, 0.2) is 5.82 Å². The molecule has 0 N–H and O–H groups in total. The molecule has 23 heavy (non-hydrogen) atoms. The highest BCUT2D eigenvalue weighted by atomic mass is 16.5. The zero-order valence-electron chi connectivity index (χ0n) is 13.6. The zero-order chi connectivity index (χ0) is 16.1. The minimum Gasteiger partial charge on any atom is -0.341 e. The van der Waals surface area contributed by atoms with E-state index in [-0.39, 0.29) is 5.91 Å². The van der Waals surface area contributed by atoms with Gasteiger partial charge in [-0.3, -0.25) is 4.79 Å². The molecule has 0 aliphatic heterocycles. The summed E-state index contributed by atoms with van der Waals surface area (Å²) in [5.74, 6) is 1.91. The van der Waals surface area contributed by atoms with Gasteiger partial charge in [0.25, 0.3) is 5.91 Å². The summed E-state index contributed by atoms with van der Waals surface area (Å²) in [6.07, 6.45) is 6.71. The first-order chi connectivity index (χ1) is 11.2. The number of aromatic nitrogens is 2. The van der Waals surface area contributed by atoms with Crippen molar-refractivity contribution in [2.24, 2.45) is 0 Å². The Morgan fingerprint density at radius 1 is 1.22 bits per heavy atom. The van der Waals surface area contributed by atoms with E-state index in [2.05, 4.69) is 10.1 Å². The standard InChI is InChI=1S/C18H23N3O2/c1-21(18(22)15-10-6-3-7-11-15)13-12-16-19-17(23-20-16)14-8-4-2-5-9-14/h3,6-7,10-11,14H,2,4-5,8-9,12-13H2,1H3. The van der Waals surface area contributed by atoms with E-state index in [1.807, 2.05) is 30.3 Å². The van der Waals surface area contributed by atoms with E-state index in [4.69, 9.17) is 4.52 Å². The number of carbonyl (C=O) groups excluding carboxylic acids is 1. The van der Waals surface area contributed by atoms with Crippen molar-refractivity contribution in [3.05, 3.63) is 47.6 Å². The second-order valence-electron chi connectivity index (χ2n) is 6.23. The topological polar surface area (TPSA) is 59.2 Å². The van der Waals surface area contributed by atoms with E-state index in [0.29, 0.717) is 30.3 Å². The molecule has 1 fully saturated rings. The van der Waals surface area contributed by atoms with Crippen LogP contribution in [0.4, 0.5) is 0 Å². The second-order valence-corrected chi connectivity index (χ2v) is 6.23. The molecule has 1 aromatic carbocycles. The zero-order valence-corrected chi connectivity index (χ0v) is 13.6. The fourth-order valence-corrected chi connectivity index (χ4v) is 3.05. The molecule has 3 rings (SSSR count). The van der Waals surface area contributed by atoms with Crippen LogP contribution in [-0.4, -0.2) is 34.5 Å². The number of hydrogen-bond donors (Lipinski definition) is 0. The van der Waals surface area contributed by atoms with E-state index in [0.717, 1.165) is 18.7 Å². The summed E-state index contributed by atoms with van der Waals surface area (Å²) in [6, 6.07) is 9.30. The molecule has 0 atom stereocenters. The van der Waals surface area contributed by atoms with Crippen LogP contribution in [0.1, 0.15) is 60.1 Å². The molecule has 5 nitrogen and oxygen atoms in total. The first-order valence-corrected chi connectivity index (χ1v) is 8.37. The van der Waals surface area contributed by atoms with Crippen LogP contribution in [0.15, 0.2) is 34.9 Å². The van der Waals surface area contributed by atoms with Gasteiger partial charge in [-0.05, 0) is 25.0 Å². The number of benzene rings is 1. The van der Waals surface area contributed by atoms with Gasteiger partial charge in [-0.25, -0.2) is 0 Å². The van der Waals surface area contributed by atoms with Gasteiger partial charge in [-0.15, -0.1) is 0 Å². The SMILES string of the molecule is CN(CCc1noc(C2CCCCC2)n1)C(=O)c1ccccc1. The summed E-state index contributed by atoms with van der Waals surface area (Å²) < 4.78 is 5.42. The van der Waals surface area contributed by atoms with Crippen LogP contribution in [0.25, 0.3) is 0 Å². The van der Waals surface area contributed by atoms with Crippen molar-refractivity contribution < 1.29 is 9.32 Å². The molecule has 0 spiro atoms. The average molecular weight is 313 g/mol. The van der Waals surface area contributed by atoms with Gasteiger partial charge in [0.1, 0.15) is 0 Å². The summed E-state index contributed by atoms with van der Waals surface area (Å²) in [5.41, 5.74) is 0.700. The molecule has 2 aromatic rings. The molecular formula is C18H23N3O2. The summed E-state index contributed by atoms with van der Waals surface area (Å²) in [5, 5.41) is 4.07. The molecule has 5 heteroatoms. The molecule has 0 radical (unpaired) electrons. The molecule has 1 aliphatic carbocycles. The second kappa shape index (κ2) is 7.40. The van der Waals surface area contributed by atoms with Crippen LogP contribution < -0.4 is 0 Å². The maximum Gasteiger partial charge on any atom is 0.253 e. The quantitative estimate of drug-likeness (QED) is 0.848. The Hall–Kier alpha value is -2.17. The molecule has 0 bridgehead atoms. The fraction of sp³-hybridized carbons (Fsp3) is 0.500. The Labute approximate surface area is 136 Å². The molecule has 0 saturated heterocycles. The van der Waals surface area contributed by atoms with Crippen LogP contribution in [0, 0.1) is 0 Å². The number of nitrogens with zero attached hydrogens (tertiary/aromatic N) is 3. The Kier molecular flexibility index (Phi) is 5.05. The van der Waals surface area contributed by atoms with Crippen molar-refractivity contribution in [3.8, 4) is 0 Å². The molecule has 1 heterocycles. The minimum absolute atomic E-state index is 0.0154. The van der Waals surface area contributed by atoms with E-state index >= 15 is 0 Å². The highest BCUT2D eigenvalue weighted by Gasteiger charge is 2.21. The number of likely N-dealkylation sites (N-methyl/N-ethyl adjacent to an activating group) is 1. The lowest BCUT2D eigenvalue weighted by Crippen LogP contribution is -2.29. The first kappa shape index (κ1) is 15.7. The largest absolute Gasteiger partial charge is 0.341 e. The Morgan fingerprint density at radius 2 is 1.96 bits per heavy atom. The fourth-order valence-electron chi connectivity index (χ4n) is 3.05. The summed E-state index contributed by atoms with van der Waals surface area (Å²) in [4.78, 5) is 18.5. The van der Waals surface area contributed by atoms with Crippen molar-refractivity contribution in [1.82, 2.24) is 15.0 Å². The highest BCUT2D eigenvalue weighted by molar-refractivity contribution is 5.93. The van der Waals surface area contributed by atoms with Gasteiger partial charge < -0.3 is 9.42 Å². The maximum atomic E-state index is 12.3. The average Bonchev–Trinajstić information content (AvgIpc) is 3.09. The smallest absolute Gasteiger partial charge is 0.253 e. The lowest BCUT2D eigenvalue weighted by molar-refractivity contribution is 0.0796. The van der Waals surface area contributed by atoms with Gasteiger partial charge >= 0.3 is 0 Å². The van der Waals surface area contributed by atoms with Crippen LogP contribution in [-0.2, 0) is 6.42 Å². The van der Waals surface area contributed by atoms with E-state index in [9.17, 15) is 4.79 Å². The van der Waals surface area contributed by atoms with Gasteiger partial charge in [0, 0.05) is 31.5 Å². The first-order valence-electron chi connectivity index (χ1n) is 8.37. The van der Waals surface area contributed by atoms with Gasteiger partial charge in [0.2, 0.25) is 5.89 Å². The number of carbonyl (C=O) groups is 1. The van der Waals surface area contributed by atoms with Gasteiger partial charge in [0.05, 0.1) is 0 Å². The third-order valence-electron chi connectivity index (χ3n) is 4.48. The Morgan fingerprint density at radius 3 is 2.70 bits per heavy atom. The van der Waals surface area contributed by atoms with Crippen LogP contribution in [0.2, 0.25) is 0 Å². The van der Waals surface area contributed by atoms with Gasteiger partial charge in [-0.1, -0.05) is 42.6 Å². The van der Waals surface area contributed by atoms with Crippen molar-refractivity contribution in [1.29, 1.82) is 0 Å². The molecule has 0 unspecified atom stereocenters. The Bertz CT molecular complexity index is 633. The predicted octanol–water partition coefficient (Wildman–Crippen LogP) is 3.43. The Balaban J connectivity index is 1.54. The molecule has 122 valence electrons. The molecule has 1 aliphatic rings. The number of amides is 1. The normalized spacial score (nSPS) is 15.5. The van der Waals surface area contributed by atoms with Crippen molar-refractivity contribution in [2.45, 2.75) is 44.4 Å². The molecule has 1 aromatic heterocycles. The monoisotopic (exact) mass is 313 g/mol. The lowest BCUT2D eigenvalue weighted by atomic mass is 9.89. The highest BCUT2D eigenvalue weighted by Crippen LogP contribution is 2.31. The van der Waals surface area contributed by atoms with E-state index in [1.54, 1.807) is 11.9 Å². The summed E-state index contributed by atoms with van der Waals surface area (Å²) >= 11 is 0. The minimum atomic E-state index is 0.0154. The van der Waals surface area contributed by atoms with E-state index in [1.165, 1.54) is 19.3 Å². The predicted molar refractivity (Wildman–Crippen MR) is 87.2 cm³/mol. The van der Waals surface area contributed by atoms with Crippen LogP contribution in [0.5, 0.6) is 0 Å². The number of hydrogen-bond acceptors (Lipinski definition) is 4. The van der Waals surface area contributed by atoms with Crippen molar-refractivity contribution in [2.75, 3.05) is 13.6 Å². The maximum absolute atomic E-state index is 12.3. The molecular weight excluding hydrogens is 290 g/mol. The molecule has 1 amide bonds. The number of rotatable bonds is 5. The van der Waals surface area contributed by atoms with Crippen molar-refractivity contribution >= 4 is 5.91 Å². The lowest BCUT2D eigenvalue weighted by Gasteiger charge is -2.17.